The molecule has 76 valence electrons. The Morgan fingerprint density at radius 3 is 0.714 bits per heavy atom. The summed E-state index contributed by atoms with van der Waals surface area (Å²) in [5.74, 6) is 0. The molecular weight excluding hydrogens is 264 g/mol. The van der Waals surface area contributed by atoms with Gasteiger partial charge in [-0.15, -0.1) is 30.3 Å². The van der Waals surface area contributed by atoms with Gasteiger partial charge in [-0.25, -0.2) is 0 Å². The van der Waals surface area contributed by atoms with E-state index in [4.69, 9.17) is 46.0 Å². The van der Waals surface area contributed by atoms with Crippen LogP contribution in [0.25, 0.3) is 0 Å². The van der Waals surface area contributed by atoms with Crippen LogP contribution in [0.2, 0.25) is 0 Å². The first-order valence-corrected chi connectivity index (χ1v) is 1.70. The van der Waals surface area contributed by atoms with Crippen LogP contribution in [-0.4, -0.2) is 30.9 Å². The molecule has 0 radical (unpaired) electrons. The average molecular weight is 269 g/mol. The predicted octanol–water partition coefficient (Wildman–Crippen LogP) is -6.81. The third kappa shape index (κ3) is 2380. The monoisotopic (exact) mass is 269 g/mol. The van der Waals surface area contributed by atoms with Gasteiger partial charge in [0.05, 0.1) is 0 Å². The van der Waals surface area contributed by atoms with E-state index in [0.717, 1.165) is 0 Å². The Morgan fingerprint density at radius 2 is 0.714 bits per heavy atom. The molecule has 0 spiro atoms. The molecule has 0 aliphatic heterocycles. The normalized spacial score (nSPS) is 5.14. The van der Waals surface area contributed by atoms with Gasteiger partial charge in [-0.2, -0.15) is 0 Å². The molecule has 0 atom stereocenters. The van der Waals surface area contributed by atoms with Gasteiger partial charge in [-0.3, -0.25) is 0 Å². The second kappa shape index (κ2) is 23.6. The van der Waals surface area contributed by atoms with Crippen molar-refractivity contribution in [1.82, 2.24) is 0 Å². The van der Waals surface area contributed by atoms with Crippen LogP contribution in [0, 0.1) is 30.3 Å². The van der Waals surface area contributed by atoms with Crippen molar-refractivity contribution in [2.45, 2.75) is 0 Å². The maximum absolute atomic E-state index is 8.36. The Labute approximate surface area is 163 Å². The van der Waals surface area contributed by atoms with Gasteiger partial charge in [0.15, 0.2) is 0 Å². The minimum atomic E-state index is -1.50. The zero-order chi connectivity index (χ0) is 10.7. The fraction of sp³-hybridized carbons (Fsp3) is 0. The van der Waals surface area contributed by atoms with Gasteiger partial charge in [0, 0.05) is 0 Å². The molecular formula is H5K2N3O9. The zero-order valence-corrected chi connectivity index (χ0v) is 13.4. The summed E-state index contributed by atoms with van der Waals surface area (Å²) in [6.07, 6.45) is 0. The molecule has 0 saturated carbocycles. The molecule has 0 rings (SSSR count). The molecule has 0 aliphatic carbocycles. The molecule has 0 amide bonds. The van der Waals surface area contributed by atoms with Crippen molar-refractivity contribution in [2.75, 3.05) is 0 Å². The van der Waals surface area contributed by atoms with Crippen molar-refractivity contribution in [3.8, 4) is 0 Å². The third-order valence-corrected chi connectivity index (χ3v) is 0. The molecule has 0 unspecified atom stereocenters. The molecule has 0 heterocycles. The Kier molecular flexibility index (Phi) is 49.5. The maximum Gasteiger partial charge on any atom is 1.00 e. The minimum Gasteiger partial charge on any atom is -1.00 e. The second-order valence-electron chi connectivity index (χ2n) is 0.714. The van der Waals surface area contributed by atoms with E-state index < -0.39 is 15.3 Å². The number of hydrogen-bond acceptors (Lipinski definition) is 6. The van der Waals surface area contributed by atoms with E-state index in [2.05, 4.69) is 0 Å². The number of rotatable bonds is 0. The molecule has 14 heavy (non-hydrogen) atoms. The molecule has 14 heteroatoms. The molecule has 0 aromatic rings. The average Bonchev–Trinajstić information content (AvgIpc) is 1.54. The maximum atomic E-state index is 8.36. The van der Waals surface area contributed by atoms with Crippen LogP contribution < -0.4 is 103 Å². The fourth-order valence-electron chi connectivity index (χ4n) is 0. The Hall–Kier alpha value is 0.873. The summed E-state index contributed by atoms with van der Waals surface area (Å²) < 4.78 is 0. The van der Waals surface area contributed by atoms with Crippen molar-refractivity contribution in [2.24, 2.45) is 0 Å². The first-order chi connectivity index (χ1) is 5.20. The van der Waals surface area contributed by atoms with Crippen LogP contribution in [0.15, 0.2) is 0 Å². The fourth-order valence-corrected chi connectivity index (χ4v) is 0. The Balaban J connectivity index is -0.0000000135. The van der Waals surface area contributed by atoms with Crippen LogP contribution >= 0.6 is 0 Å². The molecule has 0 aromatic carbocycles. The second-order valence-corrected chi connectivity index (χ2v) is 0.714. The van der Waals surface area contributed by atoms with Gasteiger partial charge in [-0.05, 0) is 0 Å². The Bertz CT molecular complexity index is 124. The molecule has 0 aromatic heterocycles. The third-order valence-electron chi connectivity index (χ3n) is 0. The van der Waals surface area contributed by atoms with Crippen molar-refractivity contribution in [3.63, 3.8) is 0 Å². The summed E-state index contributed by atoms with van der Waals surface area (Å²) >= 11 is 0. The predicted molar refractivity (Wildman–Crippen MR) is 28.6 cm³/mol. The first-order valence-electron chi connectivity index (χ1n) is 1.70. The van der Waals surface area contributed by atoms with Crippen LogP contribution in [0.1, 0.15) is 2.85 Å². The molecule has 0 fully saturated rings. The summed E-state index contributed by atoms with van der Waals surface area (Å²) in [6, 6.07) is 0. The molecule has 0 saturated heterocycles. The van der Waals surface area contributed by atoms with Crippen LogP contribution in [0.4, 0.5) is 0 Å². The van der Waals surface area contributed by atoms with Gasteiger partial charge in [0.25, 0.3) is 15.3 Å². The van der Waals surface area contributed by atoms with E-state index in [1.807, 2.05) is 0 Å². The van der Waals surface area contributed by atoms with Crippen molar-refractivity contribution in [1.29, 1.82) is 0 Å². The Morgan fingerprint density at radius 1 is 0.714 bits per heavy atom. The first kappa shape index (κ1) is 29.4. The van der Waals surface area contributed by atoms with E-state index in [1.165, 1.54) is 0 Å². The zero-order valence-electron chi connectivity index (χ0n) is 9.13. The number of nitrogens with zero attached hydrogens (tertiary/aromatic N) is 3. The van der Waals surface area contributed by atoms with Gasteiger partial charge < -0.3 is 18.5 Å². The van der Waals surface area contributed by atoms with E-state index in [0.29, 0.717) is 0 Å². The van der Waals surface area contributed by atoms with Crippen LogP contribution in [0.5, 0.6) is 0 Å². The summed E-state index contributed by atoms with van der Waals surface area (Å²) in [6.45, 7) is 0. The van der Waals surface area contributed by atoms with Crippen LogP contribution in [0.3, 0.4) is 0 Å². The molecule has 0 aliphatic rings. The van der Waals surface area contributed by atoms with Crippen molar-refractivity contribution < 1.29 is 137 Å². The molecule has 0 bridgehead atoms. The number of hydrogen-bond donors (Lipinski definition) is 3. The van der Waals surface area contributed by atoms with Gasteiger partial charge in [0.1, 0.15) is 0 Å². The molecule has 12 nitrogen and oxygen atoms in total. The van der Waals surface area contributed by atoms with E-state index in [-0.39, 0.29) is 106 Å². The SMILES string of the molecule is O=[N+]([O-])O.O=[N+]([O-])O.O=[N+]([O-])O.[H-].[H-].[K+].[K+]. The topological polar surface area (TPSA) is 190 Å². The summed E-state index contributed by atoms with van der Waals surface area (Å²) in [4.78, 5) is 25.1. The van der Waals surface area contributed by atoms with Crippen molar-refractivity contribution in [3.05, 3.63) is 30.3 Å². The van der Waals surface area contributed by atoms with Crippen LogP contribution in [-0.2, 0) is 0 Å². The van der Waals surface area contributed by atoms with Gasteiger partial charge >= 0.3 is 103 Å². The summed E-state index contributed by atoms with van der Waals surface area (Å²) in [5, 5.41) is 40.9. The smallest absolute Gasteiger partial charge is 1.00 e. The van der Waals surface area contributed by atoms with E-state index in [1.54, 1.807) is 0 Å². The standard InChI is InChI=1S/2K.3HNO3.2H/c;;3*2-1(3)4;;/h;;3*(H,2,3,4);;/q2*+1;;;;2*-1. The minimum absolute atomic E-state index is 0. The van der Waals surface area contributed by atoms with Crippen molar-refractivity contribution >= 4 is 0 Å². The van der Waals surface area contributed by atoms with E-state index >= 15 is 0 Å². The summed E-state index contributed by atoms with van der Waals surface area (Å²) in [5.41, 5.74) is 0. The largest absolute Gasteiger partial charge is 1.00 e. The quantitative estimate of drug-likeness (QED) is 0.218. The van der Waals surface area contributed by atoms with E-state index in [9.17, 15) is 0 Å². The summed E-state index contributed by atoms with van der Waals surface area (Å²) in [7, 11) is 0. The molecule has 3 N–H and O–H groups in total. The van der Waals surface area contributed by atoms with Gasteiger partial charge in [0.2, 0.25) is 0 Å². The van der Waals surface area contributed by atoms with Gasteiger partial charge in [-0.1, -0.05) is 0 Å².